The summed E-state index contributed by atoms with van der Waals surface area (Å²) in [5, 5.41) is 3.11. The van der Waals surface area contributed by atoms with Gasteiger partial charge in [0.15, 0.2) is 0 Å². The van der Waals surface area contributed by atoms with E-state index >= 15 is 0 Å². The van der Waals surface area contributed by atoms with Crippen LogP contribution in [0.5, 0.6) is 0 Å². The van der Waals surface area contributed by atoms with Gasteiger partial charge in [-0.3, -0.25) is 4.79 Å². The molecule has 1 N–H and O–H groups in total. The lowest BCUT2D eigenvalue weighted by Gasteiger charge is -2.17. The van der Waals surface area contributed by atoms with Gasteiger partial charge in [-0.1, -0.05) is 0 Å². The highest BCUT2D eigenvalue weighted by Crippen LogP contribution is 2.44. The standard InChI is InChI=1S/C14H16FNOS/c15-11-6-5-10(7-12(11)18)14(17)16-13(8-1-2-8)9-3-4-9/h5-9,13,18H,1-4H2,(H,16,17). The molecule has 96 valence electrons. The highest BCUT2D eigenvalue weighted by atomic mass is 32.1. The molecular weight excluding hydrogens is 249 g/mol. The summed E-state index contributed by atoms with van der Waals surface area (Å²) in [5.41, 5.74) is 0.493. The van der Waals surface area contributed by atoms with Crippen molar-refractivity contribution in [2.45, 2.75) is 36.6 Å². The summed E-state index contributed by atoms with van der Waals surface area (Å²) in [6.45, 7) is 0. The molecule has 2 nitrogen and oxygen atoms in total. The molecule has 0 bridgehead atoms. The van der Waals surface area contributed by atoms with Gasteiger partial charge in [-0.2, -0.15) is 0 Å². The SMILES string of the molecule is O=C(NC(C1CC1)C1CC1)c1ccc(F)c(S)c1. The van der Waals surface area contributed by atoms with Gasteiger partial charge in [0.05, 0.1) is 0 Å². The van der Waals surface area contributed by atoms with Gasteiger partial charge in [0.1, 0.15) is 5.82 Å². The van der Waals surface area contributed by atoms with Crippen molar-refractivity contribution in [2.75, 3.05) is 0 Å². The molecule has 18 heavy (non-hydrogen) atoms. The Morgan fingerprint density at radius 1 is 1.28 bits per heavy atom. The molecule has 0 radical (unpaired) electrons. The van der Waals surface area contributed by atoms with Gasteiger partial charge in [-0.05, 0) is 55.7 Å². The number of halogens is 1. The van der Waals surface area contributed by atoms with E-state index in [0.717, 1.165) is 0 Å². The van der Waals surface area contributed by atoms with Crippen LogP contribution in [0.1, 0.15) is 36.0 Å². The van der Waals surface area contributed by atoms with E-state index in [1.807, 2.05) is 0 Å². The summed E-state index contributed by atoms with van der Waals surface area (Å²) < 4.78 is 13.1. The van der Waals surface area contributed by atoms with Crippen molar-refractivity contribution in [1.29, 1.82) is 0 Å². The van der Waals surface area contributed by atoms with Crippen LogP contribution in [0.15, 0.2) is 23.1 Å². The Balaban J connectivity index is 1.71. The highest BCUT2D eigenvalue weighted by molar-refractivity contribution is 7.80. The largest absolute Gasteiger partial charge is 0.349 e. The Morgan fingerprint density at radius 3 is 2.39 bits per heavy atom. The molecule has 0 saturated heterocycles. The first-order valence-electron chi connectivity index (χ1n) is 6.44. The third-order valence-corrected chi connectivity index (χ3v) is 4.11. The normalized spacial score (nSPS) is 19.1. The average molecular weight is 265 g/mol. The van der Waals surface area contributed by atoms with Crippen LogP contribution in [0.4, 0.5) is 4.39 Å². The van der Waals surface area contributed by atoms with Crippen molar-refractivity contribution >= 4 is 18.5 Å². The number of hydrogen-bond acceptors (Lipinski definition) is 2. The van der Waals surface area contributed by atoms with Crippen LogP contribution in [0.2, 0.25) is 0 Å². The highest BCUT2D eigenvalue weighted by Gasteiger charge is 2.42. The zero-order valence-corrected chi connectivity index (χ0v) is 10.9. The number of rotatable bonds is 4. The van der Waals surface area contributed by atoms with Crippen molar-refractivity contribution in [2.24, 2.45) is 11.8 Å². The molecule has 0 aromatic heterocycles. The first kappa shape index (κ1) is 12.0. The van der Waals surface area contributed by atoms with E-state index in [-0.39, 0.29) is 10.8 Å². The Kier molecular flexibility index (Phi) is 3.06. The van der Waals surface area contributed by atoms with Crippen molar-refractivity contribution in [3.05, 3.63) is 29.6 Å². The summed E-state index contributed by atoms with van der Waals surface area (Å²) in [4.78, 5) is 12.3. The topological polar surface area (TPSA) is 29.1 Å². The zero-order valence-electron chi connectivity index (χ0n) is 10.0. The molecule has 0 spiro atoms. The van der Waals surface area contributed by atoms with E-state index < -0.39 is 5.82 Å². The lowest BCUT2D eigenvalue weighted by molar-refractivity contribution is 0.0926. The van der Waals surface area contributed by atoms with E-state index in [9.17, 15) is 9.18 Å². The molecule has 1 amide bonds. The molecule has 4 heteroatoms. The maximum absolute atomic E-state index is 13.1. The van der Waals surface area contributed by atoms with Gasteiger partial charge >= 0.3 is 0 Å². The molecule has 0 aliphatic heterocycles. The molecule has 0 atom stereocenters. The number of carbonyl (C=O) groups is 1. The summed E-state index contributed by atoms with van der Waals surface area (Å²) in [6.07, 6.45) is 4.90. The predicted octanol–water partition coefficient (Wildman–Crippen LogP) is 3.03. The monoisotopic (exact) mass is 265 g/mol. The molecule has 1 aromatic rings. The van der Waals surface area contributed by atoms with E-state index in [4.69, 9.17) is 0 Å². The summed E-state index contributed by atoms with van der Waals surface area (Å²) in [6, 6.07) is 4.62. The molecule has 2 fully saturated rings. The van der Waals surface area contributed by atoms with Gasteiger partial charge < -0.3 is 5.32 Å². The minimum Gasteiger partial charge on any atom is -0.349 e. The maximum atomic E-state index is 13.1. The molecule has 1 aromatic carbocycles. The lowest BCUT2D eigenvalue weighted by atomic mass is 10.1. The van der Waals surface area contributed by atoms with Crippen LogP contribution >= 0.6 is 12.6 Å². The number of amides is 1. The van der Waals surface area contributed by atoms with Crippen molar-refractivity contribution in [3.8, 4) is 0 Å². The summed E-state index contributed by atoms with van der Waals surface area (Å²) in [7, 11) is 0. The first-order chi connectivity index (χ1) is 8.65. The van der Waals surface area contributed by atoms with Gasteiger partial charge in [0.2, 0.25) is 0 Å². The number of carbonyl (C=O) groups excluding carboxylic acids is 1. The molecule has 2 saturated carbocycles. The summed E-state index contributed by atoms with van der Waals surface area (Å²) >= 11 is 4.00. The average Bonchev–Trinajstić information content (AvgIpc) is 3.22. The van der Waals surface area contributed by atoms with Crippen LogP contribution in [-0.2, 0) is 0 Å². The van der Waals surface area contributed by atoms with Gasteiger partial charge in [0.25, 0.3) is 5.91 Å². The van der Waals surface area contributed by atoms with Gasteiger partial charge in [-0.15, -0.1) is 12.6 Å². The maximum Gasteiger partial charge on any atom is 0.251 e. The second-order valence-corrected chi connectivity index (χ2v) is 5.82. The molecule has 3 rings (SSSR count). The Hall–Kier alpha value is -1.03. The fourth-order valence-electron chi connectivity index (χ4n) is 2.42. The fraction of sp³-hybridized carbons (Fsp3) is 0.500. The van der Waals surface area contributed by atoms with Gasteiger partial charge in [0, 0.05) is 16.5 Å². The number of benzene rings is 1. The Morgan fingerprint density at radius 2 is 1.89 bits per heavy atom. The van der Waals surface area contributed by atoms with E-state index in [1.54, 1.807) is 0 Å². The van der Waals surface area contributed by atoms with Crippen molar-refractivity contribution in [1.82, 2.24) is 5.32 Å². The third kappa shape index (κ3) is 2.53. The molecule has 0 heterocycles. The Labute approximate surface area is 111 Å². The molecule has 2 aliphatic carbocycles. The van der Waals surface area contributed by atoms with Crippen LogP contribution in [0.25, 0.3) is 0 Å². The molecule has 2 aliphatic rings. The minimum absolute atomic E-state index is 0.103. The van der Waals surface area contributed by atoms with Crippen molar-refractivity contribution < 1.29 is 9.18 Å². The lowest BCUT2D eigenvalue weighted by Crippen LogP contribution is -2.38. The molecule has 0 unspecified atom stereocenters. The van der Waals surface area contributed by atoms with E-state index in [1.165, 1.54) is 43.9 Å². The van der Waals surface area contributed by atoms with E-state index in [0.29, 0.717) is 23.4 Å². The summed E-state index contributed by atoms with van der Waals surface area (Å²) in [5.74, 6) is 0.833. The number of hydrogen-bond donors (Lipinski definition) is 2. The van der Waals surface area contributed by atoms with Crippen LogP contribution in [-0.4, -0.2) is 11.9 Å². The van der Waals surface area contributed by atoms with E-state index in [2.05, 4.69) is 17.9 Å². The fourth-order valence-corrected chi connectivity index (χ4v) is 2.63. The van der Waals surface area contributed by atoms with Crippen LogP contribution in [0.3, 0.4) is 0 Å². The first-order valence-corrected chi connectivity index (χ1v) is 6.89. The smallest absolute Gasteiger partial charge is 0.251 e. The minimum atomic E-state index is -0.393. The predicted molar refractivity (Wildman–Crippen MR) is 70.4 cm³/mol. The number of thiol groups is 1. The number of nitrogens with one attached hydrogen (secondary N) is 1. The van der Waals surface area contributed by atoms with Crippen molar-refractivity contribution in [3.63, 3.8) is 0 Å². The second kappa shape index (κ2) is 4.57. The second-order valence-electron chi connectivity index (χ2n) is 5.34. The van der Waals surface area contributed by atoms with Crippen LogP contribution < -0.4 is 5.32 Å². The van der Waals surface area contributed by atoms with Crippen LogP contribution in [0, 0.1) is 17.7 Å². The quantitative estimate of drug-likeness (QED) is 0.805. The Bertz CT molecular complexity index is 471. The van der Waals surface area contributed by atoms with Gasteiger partial charge in [-0.25, -0.2) is 4.39 Å². The molecular formula is C14H16FNOS. The zero-order chi connectivity index (χ0) is 12.7. The third-order valence-electron chi connectivity index (χ3n) is 3.77.